The zero-order chi connectivity index (χ0) is 16.8. The van der Waals surface area contributed by atoms with E-state index in [2.05, 4.69) is 19.2 Å². The van der Waals surface area contributed by atoms with Gasteiger partial charge in [-0.1, -0.05) is 61.3 Å². The van der Waals surface area contributed by atoms with Crippen LogP contribution >= 0.6 is 23.2 Å². The van der Waals surface area contributed by atoms with Crippen molar-refractivity contribution in [2.75, 3.05) is 5.32 Å². The van der Waals surface area contributed by atoms with Gasteiger partial charge in [0.2, 0.25) is 5.91 Å². The summed E-state index contributed by atoms with van der Waals surface area (Å²) in [4.78, 5) is 12.2. The Hall–Kier alpha value is -1.77. The van der Waals surface area contributed by atoms with Crippen LogP contribution < -0.4 is 5.32 Å². The Labute approximate surface area is 147 Å². The molecule has 23 heavy (non-hydrogen) atoms. The van der Waals surface area contributed by atoms with Crippen LogP contribution in [0.2, 0.25) is 10.0 Å². The molecule has 0 bridgehead atoms. The monoisotopic (exact) mass is 347 g/mol. The van der Waals surface area contributed by atoms with Crippen molar-refractivity contribution in [1.82, 2.24) is 0 Å². The number of carbonyl (C=O) groups excluding carboxylic acids is 1. The second kappa shape index (κ2) is 8.19. The van der Waals surface area contributed by atoms with Crippen LogP contribution in [0.25, 0.3) is 6.08 Å². The molecule has 4 heteroatoms. The molecule has 120 valence electrons. The summed E-state index contributed by atoms with van der Waals surface area (Å²) in [5.41, 5.74) is 2.74. The van der Waals surface area contributed by atoms with Crippen LogP contribution in [0.5, 0.6) is 0 Å². The molecule has 0 aliphatic heterocycles. The number of rotatable bonds is 5. The van der Waals surface area contributed by atoms with Gasteiger partial charge in [-0.2, -0.15) is 0 Å². The zero-order valence-corrected chi connectivity index (χ0v) is 14.7. The van der Waals surface area contributed by atoms with E-state index in [1.165, 1.54) is 6.08 Å². The highest BCUT2D eigenvalue weighted by atomic mass is 35.5. The van der Waals surface area contributed by atoms with Crippen molar-refractivity contribution in [1.29, 1.82) is 0 Å². The number of hydrogen-bond donors (Lipinski definition) is 1. The Morgan fingerprint density at radius 3 is 2.65 bits per heavy atom. The van der Waals surface area contributed by atoms with E-state index < -0.39 is 0 Å². The molecule has 0 saturated heterocycles. The van der Waals surface area contributed by atoms with Crippen molar-refractivity contribution < 1.29 is 4.79 Å². The summed E-state index contributed by atoms with van der Waals surface area (Å²) in [5, 5.41) is 4.02. The van der Waals surface area contributed by atoms with Gasteiger partial charge in [0.05, 0.1) is 0 Å². The standard InChI is InChI=1S/C19H19Cl2NO/c1-3-13(2)16-6-4-5-7-18(16)22-19(23)11-9-14-8-10-15(20)12-17(14)21/h4-13H,3H2,1-2H3,(H,22,23). The average Bonchev–Trinajstić information content (AvgIpc) is 2.54. The molecule has 0 saturated carbocycles. The van der Waals surface area contributed by atoms with Crippen LogP contribution in [0.4, 0.5) is 5.69 Å². The van der Waals surface area contributed by atoms with Gasteiger partial charge >= 0.3 is 0 Å². The minimum absolute atomic E-state index is 0.188. The Morgan fingerprint density at radius 1 is 1.22 bits per heavy atom. The van der Waals surface area contributed by atoms with Gasteiger partial charge in [-0.15, -0.1) is 0 Å². The van der Waals surface area contributed by atoms with Crippen LogP contribution in [0, 0.1) is 0 Å². The molecule has 0 radical (unpaired) electrons. The van der Waals surface area contributed by atoms with E-state index in [1.807, 2.05) is 24.3 Å². The van der Waals surface area contributed by atoms with Gasteiger partial charge in [-0.25, -0.2) is 0 Å². The predicted octanol–water partition coefficient (Wildman–Crippen LogP) is 6.16. The van der Waals surface area contributed by atoms with Gasteiger partial charge < -0.3 is 5.32 Å². The smallest absolute Gasteiger partial charge is 0.248 e. The molecule has 1 N–H and O–H groups in total. The molecule has 0 aliphatic rings. The highest BCUT2D eigenvalue weighted by molar-refractivity contribution is 6.35. The fraction of sp³-hybridized carbons (Fsp3) is 0.211. The minimum atomic E-state index is -0.188. The second-order valence-electron chi connectivity index (χ2n) is 5.38. The number of carbonyl (C=O) groups is 1. The Kier molecular flexibility index (Phi) is 6.26. The van der Waals surface area contributed by atoms with Gasteiger partial charge in [-0.3, -0.25) is 4.79 Å². The molecule has 1 atom stereocenters. The summed E-state index contributed by atoms with van der Waals surface area (Å²) in [7, 11) is 0. The van der Waals surface area contributed by atoms with Crippen LogP contribution in [-0.2, 0) is 4.79 Å². The molecular weight excluding hydrogens is 329 g/mol. The molecule has 1 unspecified atom stereocenters. The van der Waals surface area contributed by atoms with Crippen molar-refractivity contribution in [3.63, 3.8) is 0 Å². The largest absolute Gasteiger partial charge is 0.322 e. The van der Waals surface area contributed by atoms with E-state index in [9.17, 15) is 4.79 Å². The fourth-order valence-electron chi connectivity index (χ4n) is 2.24. The molecule has 2 nitrogen and oxygen atoms in total. The van der Waals surface area contributed by atoms with E-state index in [1.54, 1.807) is 24.3 Å². The summed E-state index contributed by atoms with van der Waals surface area (Å²) in [5.74, 6) is 0.202. The van der Waals surface area contributed by atoms with Crippen LogP contribution in [0.1, 0.15) is 37.3 Å². The van der Waals surface area contributed by atoms with E-state index >= 15 is 0 Å². The Balaban J connectivity index is 2.12. The first kappa shape index (κ1) is 17.6. The number of amides is 1. The lowest BCUT2D eigenvalue weighted by atomic mass is 9.97. The van der Waals surface area contributed by atoms with E-state index in [0.29, 0.717) is 16.0 Å². The maximum absolute atomic E-state index is 12.2. The number of halogens is 2. The lowest BCUT2D eigenvalue weighted by molar-refractivity contribution is -0.111. The molecule has 0 heterocycles. The lowest BCUT2D eigenvalue weighted by Crippen LogP contribution is -2.10. The van der Waals surface area contributed by atoms with Crippen molar-refractivity contribution in [3.05, 3.63) is 69.7 Å². The summed E-state index contributed by atoms with van der Waals surface area (Å²) in [6.45, 7) is 4.28. The van der Waals surface area contributed by atoms with Crippen molar-refractivity contribution in [2.45, 2.75) is 26.2 Å². The number of benzene rings is 2. The van der Waals surface area contributed by atoms with Gasteiger partial charge in [0, 0.05) is 21.8 Å². The quantitative estimate of drug-likeness (QED) is 0.644. The number of anilines is 1. The highest BCUT2D eigenvalue weighted by Crippen LogP contribution is 2.26. The summed E-state index contributed by atoms with van der Waals surface area (Å²) in [6, 6.07) is 13.0. The molecule has 2 rings (SSSR count). The van der Waals surface area contributed by atoms with Crippen molar-refractivity contribution in [2.24, 2.45) is 0 Å². The maximum atomic E-state index is 12.2. The van der Waals surface area contributed by atoms with Crippen LogP contribution in [0.15, 0.2) is 48.5 Å². The summed E-state index contributed by atoms with van der Waals surface area (Å²) >= 11 is 12.0. The summed E-state index contributed by atoms with van der Waals surface area (Å²) < 4.78 is 0. The van der Waals surface area contributed by atoms with Crippen LogP contribution in [-0.4, -0.2) is 5.91 Å². The van der Waals surface area contributed by atoms with Crippen molar-refractivity contribution in [3.8, 4) is 0 Å². The summed E-state index contributed by atoms with van der Waals surface area (Å²) in [6.07, 6.45) is 4.17. The number of para-hydroxylation sites is 1. The van der Waals surface area contributed by atoms with Crippen LogP contribution in [0.3, 0.4) is 0 Å². The molecule has 1 amide bonds. The molecule has 2 aromatic rings. The predicted molar refractivity (Wildman–Crippen MR) is 99.3 cm³/mol. The minimum Gasteiger partial charge on any atom is -0.322 e. The molecule has 0 fully saturated rings. The van der Waals surface area contributed by atoms with E-state index in [-0.39, 0.29) is 5.91 Å². The average molecular weight is 348 g/mol. The van der Waals surface area contributed by atoms with Crippen molar-refractivity contribution >= 4 is 40.9 Å². The first-order chi connectivity index (χ1) is 11.0. The van der Waals surface area contributed by atoms with Gasteiger partial charge in [0.15, 0.2) is 0 Å². The molecule has 0 spiro atoms. The highest BCUT2D eigenvalue weighted by Gasteiger charge is 2.09. The second-order valence-corrected chi connectivity index (χ2v) is 6.23. The molecular formula is C19H19Cl2NO. The first-order valence-corrected chi connectivity index (χ1v) is 8.30. The van der Waals surface area contributed by atoms with Gasteiger partial charge in [-0.05, 0) is 47.7 Å². The third-order valence-corrected chi connectivity index (χ3v) is 4.30. The normalized spacial score (nSPS) is 12.3. The number of nitrogens with one attached hydrogen (secondary N) is 1. The fourth-order valence-corrected chi connectivity index (χ4v) is 2.71. The Morgan fingerprint density at radius 2 is 1.96 bits per heavy atom. The Bertz CT molecular complexity index is 725. The van der Waals surface area contributed by atoms with Gasteiger partial charge in [0.1, 0.15) is 0 Å². The molecule has 0 aliphatic carbocycles. The first-order valence-electron chi connectivity index (χ1n) is 7.54. The third-order valence-electron chi connectivity index (χ3n) is 3.74. The van der Waals surface area contributed by atoms with E-state index in [0.717, 1.165) is 23.2 Å². The van der Waals surface area contributed by atoms with Gasteiger partial charge in [0.25, 0.3) is 0 Å². The maximum Gasteiger partial charge on any atom is 0.248 e. The topological polar surface area (TPSA) is 29.1 Å². The van der Waals surface area contributed by atoms with E-state index in [4.69, 9.17) is 23.2 Å². The lowest BCUT2D eigenvalue weighted by Gasteiger charge is -2.14. The zero-order valence-electron chi connectivity index (χ0n) is 13.1. The molecule has 0 aromatic heterocycles. The molecule has 2 aromatic carbocycles. The number of hydrogen-bond acceptors (Lipinski definition) is 1. The third kappa shape index (κ3) is 4.85. The SMILES string of the molecule is CCC(C)c1ccccc1NC(=O)C=Cc1ccc(Cl)cc1Cl.